The zero-order valence-electron chi connectivity index (χ0n) is 9.85. The lowest BCUT2D eigenvalue weighted by atomic mass is 10.1. The summed E-state index contributed by atoms with van der Waals surface area (Å²) in [6.45, 7) is 0. The van der Waals surface area contributed by atoms with Gasteiger partial charge >= 0.3 is 5.97 Å². The standard InChI is InChI=1S/C12H11BrN2O2S/c1-15(2)12-14-9(11(16)17)10(18-12)7-3-5-8(13)6-4-7/h3-6H,1-2H3,(H,16,17). The molecule has 0 bridgehead atoms. The predicted octanol–water partition coefficient (Wildman–Crippen LogP) is 3.34. The highest BCUT2D eigenvalue weighted by Gasteiger charge is 2.19. The molecule has 1 aromatic carbocycles. The number of aromatic nitrogens is 1. The lowest BCUT2D eigenvalue weighted by molar-refractivity contribution is 0.0692. The van der Waals surface area contributed by atoms with Crippen molar-refractivity contribution in [2.75, 3.05) is 19.0 Å². The third-order valence-electron chi connectivity index (χ3n) is 2.31. The Bertz CT molecular complexity index is 578. The second kappa shape index (κ2) is 5.07. The molecule has 2 rings (SSSR count). The summed E-state index contributed by atoms with van der Waals surface area (Å²) in [5.41, 5.74) is 0.965. The summed E-state index contributed by atoms with van der Waals surface area (Å²) >= 11 is 4.73. The van der Waals surface area contributed by atoms with E-state index in [1.165, 1.54) is 11.3 Å². The molecule has 0 amide bonds. The van der Waals surface area contributed by atoms with Gasteiger partial charge in [-0.1, -0.05) is 39.4 Å². The van der Waals surface area contributed by atoms with E-state index in [0.29, 0.717) is 10.0 Å². The maximum atomic E-state index is 11.2. The van der Waals surface area contributed by atoms with Gasteiger partial charge in [0.15, 0.2) is 10.8 Å². The van der Waals surface area contributed by atoms with Crippen molar-refractivity contribution in [3.8, 4) is 10.4 Å². The van der Waals surface area contributed by atoms with Gasteiger partial charge in [-0.2, -0.15) is 0 Å². The Morgan fingerprint density at radius 1 is 1.33 bits per heavy atom. The second-order valence-corrected chi connectivity index (χ2v) is 5.77. The molecule has 18 heavy (non-hydrogen) atoms. The molecule has 4 nitrogen and oxygen atoms in total. The van der Waals surface area contributed by atoms with Gasteiger partial charge in [0, 0.05) is 18.6 Å². The number of rotatable bonds is 3. The zero-order valence-corrected chi connectivity index (χ0v) is 12.2. The summed E-state index contributed by atoms with van der Waals surface area (Å²) in [5, 5.41) is 9.88. The fourth-order valence-electron chi connectivity index (χ4n) is 1.44. The van der Waals surface area contributed by atoms with Gasteiger partial charge in [0.1, 0.15) is 0 Å². The minimum atomic E-state index is -1.00. The van der Waals surface area contributed by atoms with Crippen LogP contribution in [0.2, 0.25) is 0 Å². The molecule has 2 aromatic rings. The molecule has 0 spiro atoms. The van der Waals surface area contributed by atoms with E-state index in [-0.39, 0.29) is 5.69 Å². The molecule has 1 aromatic heterocycles. The van der Waals surface area contributed by atoms with Crippen LogP contribution in [0.5, 0.6) is 0 Å². The van der Waals surface area contributed by atoms with E-state index in [1.807, 2.05) is 38.4 Å². The van der Waals surface area contributed by atoms with Gasteiger partial charge < -0.3 is 10.0 Å². The van der Waals surface area contributed by atoms with Crippen LogP contribution in [0.25, 0.3) is 10.4 Å². The predicted molar refractivity (Wildman–Crippen MR) is 76.5 cm³/mol. The summed E-state index contributed by atoms with van der Waals surface area (Å²) in [6.07, 6.45) is 0. The van der Waals surface area contributed by atoms with Crippen molar-refractivity contribution >= 4 is 38.4 Å². The largest absolute Gasteiger partial charge is 0.476 e. The molecule has 1 N–H and O–H groups in total. The number of carboxylic acids is 1. The molecule has 0 fully saturated rings. The maximum Gasteiger partial charge on any atom is 0.356 e. The molecule has 0 radical (unpaired) electrons. The normalized spacial score (nSPS) is 10.4. The number of carbonyl (C=O) groups is 1. The number of aromatic carboxylic acids is 1. The molecule has 0 aliphatic heterocycles. The highest BCUT2D eigenvalue weighted by Crippen LogP contribution is 2.34. The molecule has 0 saturated carbocycles. The van der Waals surface area contributed by atoms with Gasteiger partial charge in [-0.25, -0.2) is 9.78 Å². The number of benzene rings is 1. The Morgan fingerprint density at radius 2 is 1.94 bits per heavy atom. The van der Waals surface area contributed by atoms with Crippen molar-refractivity contribution in [1.82, 2.24) is 4.98 Å². The fraction of sp³-hybridized carbons (Fsp3) is 0.167. The highest BCUT2D eigenvalue weighted by molar-refractivity contribution is 9.10. The van der Waals surface area contributed by atoms with Gasteiger partial charge in [0.2, 0.25) is 0 Å². The van der Waals surface area contributed by atoms with Crippen LogP contribution in [0, 0.1) is 0 Å². The third-order valence-corrected chi connectivity index (χ3v) is 4.11. The molecule has 0 aliphatic carbocycles. The number of carboxylic acid groups (broad SMARTS) is 1. The van der Waals surface area contributed by atoms with Gasteiger partial charge in [-0.15, -0.1) is 0 Å². The second-order valence-electron chi connectivity index (χ2n) is 3.88. The first kappa shape index (κ1) is 13.0. The molecular formula is C12H11BrN2O2S. The van der Waals surface area contributed by atoms with Crippen LogP contribution in [0.3, 0.4) is 0 Å². The third kappa shape index (κ3) is 2.54. The van der Waals surface area contributed by atoms with Crippen LogP contribution in [0.1, 0.15) is 10.5 Å². The maximum absolute atomic E-state index is 11.2. The molecule has 0 unspecified atom stereocenters. The average Bonchev–Trinajstić information content (AvgIpc) is 2.75. The Labute approximate surface area is 117 Å². The number of nitrogens with zero attached hydrogens (tertiary/aromatic N) is 2. The highest BCUT2D eigenvalue weighted by atomic mass is 79.9. The van der Waals surface area contributed by atoms with Crippen molar-refractivity contribution in [3.05, 3.63) is 34.4 Å². The number of anilines is 1. The molecule has 6 heteroatoms. The van der Waals surface area contributed by atoms with Crippen LogP contribution in [-0.4, -0.2) is 30.2 Å². The minimum Gasteiger partial charge on any atom is -0.476 e. The van der Waals surface area contributed by atoms with E-state index in [0.717, 1.165) is 10.0 Å². The summed E-state index contributed by atoms with van der Waals surface area (Å²) in [4.78, 5) is 17.8. The van der Waals surface area contributed by atoms with Gasteiger partial charge in [-0.05, 0) is 17.7 Å². The Hall–Kier alpha value is -1.40. The van der Waals surface area contributed by atoms with Crippen LogP contribution in [-0.2, 0) is 0 Å². The first-order valence-electron chi connectivity index (χ1n) is 5.16. The minimum absolute atomic E-state index is 0.103. The first-order valence-corrected chi connectivity index (χ1v) is 6.77. The van der Waals surface area contributed by atoms with Crippen LogP contribution in [0.15, 0.2) is 28.7 Å². The monoisotopic (exact) mass is 326 g/mol. The van der Waals surface area contributed by atoms with E-state index in [1.54, 1.807) is 4.90 Å². The van der Waals surface area contributed by atoms with Crippen LogP contribution in [0.4, 0.5) is 5.13 Å². The molecule has 0 atom stereocenters. The van der Waals surface area contributed by atoms with Gasteiger partial charge in [-0.3, -0.25) is 0 Å². The first-order chi connectivity index (χ1) is 8.49. The molecule has 0 saturated heterocycles. The van der Waals surface area contributed by atoms with Crippen molar-refractivity contribution in [1.29, 1.82) is 0 Å². The topological polar surface area (TPSA) is 53.4 Å². The zero-order chi connectivity index (χ0) is 13.3. The average molecular weight is 327 g/mol. The molecule has 0 aliphatic rings. The van der Waals surface area contributed by atoms with Crippen LogP contribution < -0.4 is 4.90 Å². The van der Waals surface area contributed by atoms with E-state index >= 15 is 0 Å². The van der Waals surface area contributed by atoms with Crippen LogP contribution >= 0.6 is 27.3 Å². The van der Waals surface area contributed by atoms with E-state index < -0.39 is 5.97 Å². The van der Waals surface area contributed by atoms with Crippen molar-refractivity contribution in [2.45, 2.75) is 0 Å². The Kier molecular flexibility index (Phi) is 3.68. The molecule has 94 valence electrons. The number of thiazole rings is 1. The Balaban J connectivity index is 2.55. The smallest absolute Gasteiger partial charge is 0.356 e. The summed E-state index contributed by atoms with van der Waals surface area (Å²) in [6, 6.07) is 7.53. The summed E-state index contributed by atoms with van der Waals surface area (Å²) < 4.78 is 0.959. The van der Waals surface area contributed by atoms with E-state index in [9.17, 15) is 9.90 Å². The van der Waals surface area contributed by atoms with E-state index in [4.69, 9.17) is 0 Å². The van der Waals surface area contributed by atoms with Crippen molar-refractivity contribution in [2.24, 2.45) is 0 Å². The molecule has 1 heterocycles. The molecular weight excluding hydrogens is 316 g/mol. The summed E-state index contributed by atoms with van der Waals surface area (Å²) in [7, 11) is 3.69. The van der Waals surface area contributed by atoms with Gasteiger partial charge in [0.05, 0.1) is 4.88 Å². The number of halogens is 1. The fourth-order valence-corrected chi connectivity index (χ4v) is 2.69. The lowest BCUT2D eigenvalue weighted by Crippen LogP contribution is -2.08. The summed E-state index contributed by atoms with van der Waals surface area (Å²) in [5.74, 6) is -1.00. The van der Waals surface area contributed by atoms with Crippen molar-refractivity contribution < 1.29 is 9.90 Å². The van der Waals surface area contributed by atoms with Crippen molar-refractivity contribution in [3.63, 3.8) is 0 Å². The van der Waals surface area contributed by atoms with E-state index in [2.05, 4.69) is 20.9 Å². The van der Waals surface area contributed by atoms with Gasteiger partial charge in [0.25, 0.3) is 0 Å². The quantitative estimate of drug-likeness (QED) is 0.939. The SMILES string of the molecule is CN(C)c1nc(C(=O)O)c(-c2ccc(Br)cc2)s1. The lowest BCUT2D eigenvalue weighted by Gasteiger charge is -2.05. The number of hydrogen-bond donors (Lipinski definition) is 1. The number of hydrogen-bond acceptors (Lipinski definition) is 4. The Morgan fingerprint density at radius 3 is 2.44 bits per heavy atom.